The smallest absolute Gasteiger partial charge is 0.314 e. The maximum atomic E-state index is 12.4. The fraction of sp³-hybridized carbons (Fsp3) is 0.609. The molecule has 6 nitrogen and oxygen atoms in total. The van der Waals surface area contributed by atoms with E-state index in [9.17, 15) is 9.90 Å². The second-order valence-corrected chi connectivity index (χ2v) is 9.13. The van der Waals surface area contributed by atoms with Gasteiger partial charge in [0.1, 0.15) is 11.9 Å². The van der Waals surface area contributed by atoms with E-state index in [-0.39, 0.29) is 0 Å². The molecule has 3 aliphatic rings. The van der Waals surface area contributed by atoms with Crippen molar-refractivity contribution in [3.05, 3.63) is 48.0 Å². The molecule has 1 heterocycles. The van der Waals surface area contributed by atoms with E-state index >= 15 is 0 Å². The Balaban J connectivity index is 1.42. The molecule has 154 valence electrons. The minimum atomic E-state index is -0.857. The molecule has 6 heteroatoms. The van der Waals surface area contributed by atoms with Crippen molar-refractivity contribution in [3.63, 3.8) is 0 Å². The molecule has 0 bridgehead atoms. The number of ether oxygens (including phenoxy) is 1. The quantitative estimate of drug-likeness (QED) is 0.759. The summed E-state index contributed by atoms with van der Waals surface area (Å²) in [6, 6.07) is 10.1. The van der Waals surface area contributed by atoms with Gasteiger partial charge in [-0.2, -0.15) is 5.10 Å². The molecule has 0 atom stereocenters. The molecule has 1 aromatic heterocycles. The molecule has 1 N–H and O–H groups in total. The highest BCUT2D eigenvalue weighted by Crippen LogP contribution is 2.49. The van der Waals surface area contributed by atoms with E-state index in [0.29, 0.717) is 37.6 Å². The van der Waals surface area contributed by atoms with Gasteiger partial charge >= 0.3 is 5.97 Å². The summed E-state index contributed by atoms with van der Waals surface area (Å²) in [5.74, 6) is 0.644. The van der Waals surface area contributed by atoms with Gasteiger partial charge in [0.2, 0.25) is 0 Å². The molecule has 0 saturated heterocycles. The van der Waals surface area contributed by atoms with Gasteiger partial charge in [0, 0.05) is 0 Å². The number of hydrogen-bond acceptors (Lipinski definition) is 4. The van der Waals surface area contributed by atoms with Crippen molar-refractivity contribution in [1.82, 2.24) is 14.8 Å². The fourth-order valence-electron chi connectivity index (χ4n) is 4.77. The lowest BCUT2D eigenvalue weighted by Gasteiger charge is -2.43. The topological polar surface area (TPSA) is 77.2 Å². The van der Waals surface area contributed by atoms with E-state index in [4.69, 9.17) is 9.84 Å². The maximum Gasteiger partial charge on any atom is 0.314 e. The van der Waals surface area contributed by atoms with Crippen molar-refractivity contribution >= 4 is 5.97 Å². The molecule has 3 saturated carbocycles. The number of rotatable bonds is 7. The van der Waals surface area contributed by atoms with Crippen LogP contribution >= 0.6 is 0 Å². The van der Waals surface area contributed by atoms with Crippen molar-refractivity contribution in [1.29, 1.82) is 0 Å². The van der Waals surface area contributed by atoms with Crippen LogP contribution in [0.15, 0.2) is 36.7 Å². The van der Waals surface area contributed by atoms with Gasteiger partial charge in [-0.3, -0.25) is 4.79 Å². The second kappa shape index (κ2) is 7.24. The summed E-state index contributed by atoms with van der Waals surface area (Å²) < 4.78 is 8.50. The molecule has 3 fully saturated rings. The van der Waals surface area contributed by atoms with Gasteiger partial charge in [0.15, 0.2) is 5.82 Å². The number of nitrogens with zero attached hydrogens (tertiary/aromatic N) is 3. The number of carboxylic acid groups (broad SMARTS) is 1. The predicted octanol–water partition coefficient (Wildman–Crippen LogP) is 4.22. The number of benzene rings is 1. The van der Waals surface area contributed by atoms with Gasteiger partial charge in [-0.05, 0) is 69.3 Å². The van der Waals surface area contributed by atoms with Crippen molar-refractivity contribution in [2.24, 2.45) is 5.92 Å². The highest BCUT2D eigenvalue weighted by molar-refractivity contribution is 5.81. The van der Waals surface area contributed by atoms with Crippen LogP contribution in [0.25, 0.3) is 0 Å². The first-order valence-corrected chi connectivity index (χ1v) is 11.0. The minimum absolute atomic E-state index is 0.461. The van der Waals surface area contributed by atoms with Gasteiger partial charge in [0.25, 0.3) is 0 Å². The molecular formula is C23H29N3O3. The number of carbonyl (C=O) groups is 1. The van der Waals surface area contributed by atoms with E-state index in [1.165, 1.54) is 19.3 Å². The van der Waals surface area contributed by atoms with E-state index in [1.54, 1.807) is 0 Å². The lowest BCUT2D eigenvalue weighted by molar-refractivity contribution is -0.151. The lowest BCUT2D eigenvalue weighted by atomic mass is 9.65. The SMILES string of the molecule is O=C(O)C1(c2ccccc2)CCC(OCC2CC2)(c2ncn(C3CCC3)n2)CC1. The van der Waals surface area contributed by atoms with Crippen LogP contribution in [0.5, 0.6) is 0 Å². The Morgan fingerprint density at radius 1 is 1.10 bits per heavy atom. The third-order valence-corrected chi connectivity index (χ3v) is 7.30. The summed E-state index contributed by atoms with van der Waals surface area (Å²) in [6.45, 7) is 0.726. The number of aromatic nitrogens is 3. The van der Waals surface area contributed by atoms with Crippen LogP contribution < -0.4 is 0 Å². The third kappa shape index (κ3) is 3.37. The van der Waals surface area contributed by atoms with E-state index < -0.39 is 17.0 Å². The zero-order valence-corrected chi connectivity index (χ0v) is 16.8. The summed E-state index contributed by atoms with van der Waals surface area (Å²) >= 11 is 0. The van der Waals surface area contributed by atoms with Crippen LogP contribution in [0.4, 0.5) is 0 Å². The first-order valence-electron chi connectivity index (χ1n) is 11.0. The molecule has 0 spiro atoms. The standard InChI is InChI=1S/C23H29N3O3/c27-21(28)22(18-5-2-1-3-6-18)11-13-23(14-12-22,29-15-17-9-10-17)20-24-16-26(25-20)19-7-4-8-19/h1-3,5-6,16-17,19H,4,7-15H2,(H,27,28). The molecule has 2 aromatic rings. The second-order valence-electron chi connectivity index (χ2n) is 9.13. The number of aliphatic carboxylic acids is 1. The Labute approximate surface area is 171 Å². The van der Waals surface area contributed by atoms with Gasteiger partial charge in [-0.15, -0.1) is 0 Å². The summed E-state index contributed by atoms with van der Waals surface area (Å²) in [5.41, 5.74) is -0.536. The van der Waals surface area contributed by atoms with Gasteiger partial charge in [-0.25, -0.2) is 9.67 Å². The van der Waals surface area contributed by atoms with Crippen molar-refractivity contribution in [2.75, 3.05) is 6.61 Å². The molecule has 0 amide bonds. The highest BCUT2D eigenvalue weighted by atomic mass is 16.5. The summed E-state index contributed by atoms with van der Waals surface area (Å²) in [6.07, 6.45) is 10.2. The zero-order chi connectivity index (χ0) is 19.9. The van der Waals surface area contributed by atoms with Gasteiger partial charge < -0.3 is 9.84 Å². The first kappa shape index (κ1) is 18.8. The van der Waals surface area contributed by atoms with Gasteiger partial charge in [0.05, 0.1) is 18.1 Å². The normalized spacial score (nSPS) is 30.1. The molecule has 5 rings (SSSR count). The Hall–Kier alpha value is -2.21. The molecule has 0 unspecified atom stereocenters. The Bertz CT molecular complexity index is 863. The van der Waals surface area contributed by atoms with E-state index in [1.807, 2.05) is 41.3 Å². The van der Waals surface area contributed by atoms with Crippen LogP contribution in [0.1, 0.15) is 75.2 Å². The van der Waals surface area contributed by atoms with Crippen LogP contribution in [0.3, 0.4) is 0 Å². The Kier molecular flexibility index (Phi) is 4.69. The van der Waals surface area contributed by atoms with Crippen molar-refractivity contribution in [3.8, 4) is 0 Å². The number of carboxylic acids is 1. The van der Waals surface area contributed by atoms with Crippen molar-refractivity contribution < 1.29 is 14.6 Å². The average Bonchev–Trinajstić information content (AvgIpc) is 3.42. The van der Waals surface area contributed by atoms with Crippen LogP contribution in [-0.2, 0) is 20.5 Å². The molecule has 0 aliphatic heterocycles. The average molecular weight is 396 g/mol. The van der Waals surface area contributed by atoms with Crippen LogP contribution in [0.2, 0.25) is 0 Å². The molecular weight excluding hydrogens is 366 g/mol. The van der Waals surface area contributed by atoms with Crippen LogP contribution in [0, 0.1) is 5.92 Å². The summed E-state index contributed by atoms with van der Waals surface area (Å²) in [5, 5.41) is 15.0. The largest absolute Gasteiger partial charge is 0.481 e. The highest BCUT2D eigenvalue weighted by Gasteiger charge is 2.51. The summed E-state index contributed by atoms with van der Waals surface area (Å²) in [4.78, 5) is 17.0. The Morgan fingerprint density at radius 2 is 1.83 bits per heavy atom. The molecule has 1 aromatic carbocycles. The maximum absolute atomic E-state index is 12.4. The molecule has 29 heavy (non-hydrogen) atoms. The van der Waals surface area contributed by atoms with Crippen molar-refractivity contribution in [2.45, 2.75) is 74.8 Å². The van der Waals surface area contributed by atoms with E-state index in [2.05, 4.69) is 4.98 Å². The molecule has 0 radical (unpaired) electrons. The Morgan fingerprint density at radius 3 is 2.41 bits per heavy atom. The fourth-order valence-corrected chi connectivity index (χ4v) is 4.77. The monoisotopic (exact) mass is 395 g/mol. The minimum Gasteiger partial charge on any atom is -0.481 e. The first-order chi connectivity index (χ1) is 14.1. The van der Waals surface area contributed by atoms with E-state index in [0.717, 1.165) is 30.8 Å². The third-order valence-electron chi connectivity index (χ3n) is 7.30. The number of hydrogen-bond donors (Lipinski definition) is 1. The summed E-state index contributed by atoms with van der Waals surface area (Å²) in [7, 11) is 0. The van der Waals surface area contributed by atoms with Crippen LogP contribution in [-0.4, -0.2) is 32.4 Å². The molecule has 3 aliphatic carbocycles. The predicted molar refractivity (Wildman–Crippen MR) is 107 cm³/mol. The van der Waals surface area contributed by atoms with Gasteiger partial charge in [-0.1, -0.05) is 30.3 Å². The lowest BCUT2D eigenvalue weighted by Crippen LogP contribution is -2.46. The zero-order valence-electron chi connectivity index (χ0n) is 16.8.